The molecule has 4 unspecified atom stereocenters. The first kappa shape index (κ1) is 69.3. The molecule has 2 amide bonds. The fourth-order valence-corrected chi connectivity index (χ4v) is 10.9. The predicted molar refractivity (Wildman–Crippen MR) is 337 cm³/mol. The highest BCUT2D eigenvalue weighted by molar-refractivity contribution is 7.18. The van der Waals surface area contributed by atoms with E-state index in [1.165, 1.54) is 36.5 Å². The van der Waals surface area contributed by atoms with E-state index in [-0.39, 0.29) is 72.0 Å². The number of hydrogen-bond acceptors (Lipinski definition) is 20. The minimum atomic E-state index is -0.673. The average molecular weight is 1370 g/mol. The Bertz CT molecular complexity index is 3340. The zero-order valence-corrected chi connectivity index (χ0v) is 54.9. The summed E-state index contributed by atoms with van der Waals surface area (Å²) in [6, 6.07) is 42.7. The van der Waals surface area contributed by atoms with Crippen molar-refractivity contribution in [2.75, 3.05) is 71.5 Å². The standard InChI is InChI=1S/C62H72N14O8S2.2BrH/c1-39(77)33-73(34-40(2)78)61-71-75(37-47-15-11-9-12-16-47)59(85-61)69-67-53-31-57(83-7)55(29-51(53)63-43(5)81)65-49-25-21-45(22-26-49)19-20-46-23-27-50(28-24-46)66-56-30-52(64-44(6)82)54(32-58(56)84-8)68-70-60-76(38-48-17-13-10-14-18-48)72-62(86-60)74(35-41(3)79)36-42(4)80;;/h9-18,21-32,39-42,77-80H,19-20,33-38H2,1-8H3,(H2,63,64,65,66,81,82);2*1H. The third-order valence-electron chi connectivity index (χ3n) is 13.0. The summed E-state index contributed by atoms with van der Waals surface area (Å²) in [5, 5.41) is 84.0. The van der Waals surface area contributed by atoms with E-state index in [1.54, 1.807) is 75.5 Å². The van der Waals surface area contributed by atoms with E-state index in [1.807, 2.05) is 94.7 Å². The lowest BCUT2D eigenvalue weighted by Gasteiger charge is -2.23. The van der Waals surface area contributed by atoms with Crippen LogP contribution < -0.4 is 83.9 Å². The van der Waals surface area contributed by atoms with E-state index in [2.05, 4.69) is 66.0 Å². The highest BCUT2D eigenvalue weighted by atomic mass is 79.9. The molecular formula is C62H74Br2N14O8S2. The largest absolute Gasteiger partial charge is 1.00 e. The van der Waals surface area contributed by atoms with Crippen molar-refractivity contribution in [2.45, 2.75) is 91.9 Å². The minimum Gasteiger partial charge on any atom is -1.00 e. The van der Waals surface area contributed by atoms with Crippen LogP contribution in [0.3, 0.4) is 0 Å². The Morgan fingerprint density at radius 1 is 0.500 bits per heavy atom. The molecule has 88 heavy (non-hydrogen) atoms. The maximum Gasteiger partial charge on any atom is 0.432 e. The topological polar surface area (TPSA) is 271 Å². The zero-order valence-electron chi connectivity index (χ0n) is 50.1. The number of carbonyl (C=O) groups is 2. The lowest BCUT2D eigenvalue weighted by Crippen LogP contribution is -3.00. The number of aromatic nitrogens is 4. The molecule has 8 N–H and O–H groups in total. The van der Waals surface area contributed by atoms with Gasteiger partial charge in [-0.25, -0.2) is 0 Å². The summed E-state index contributed by atoms with van der Waals surface area (Å²) in [6.07, 6.45) is -1.15. The maximum absolute atomic E-state index is 12.6. The van der Waals surface area contributed by atoms with E-state index in [4.69, 9.17) is 19.7 Å². The molecular weight excluding hydrogens is 1290 g/mol. The number of methoxy groups -OCH3 is 2. The van der Waals surface area contributed by atoms with Crippen molar-refractivity contribution in [3.05, 3.63) is 156 Å². The van der Waals surface area contributed by atoms with Gasteiger partial charge in [0.1, 0.15) is 36.0 Å². The molecule has 0 spiro atoms. The number of rotatable bonds is 29. The second-order valence-corrected chi connectivity index (χ2v) is 22.7. The fourth-order valence-electron chi connectivity index (χ4n) is 9.18. The Morgan fingerprint density at radius 3 is 1.15 bits per heavy atom. The maximum atomic E-state index is 12.6. The number of nitrogens with one attached hydrogen (secondary N) is 4. The number of azo groups is 2. The summed E-state index contributed by atoms with van der Waals surface area (Å²) >= 11 is 2.54. The summed E-state index contributed by atoms with van der Waals surface area (Å²) in [4.78, 5) is 28.8. The van der Waals surface area contributed by atoms with Crippen molar-refractivity contribution >= 4 is 101 Å². The number of nitrogens with zero attached hydrogens (tertiary/aromatic N) is 10. The summed E-state index contributed by atoms with van der Waals surface area (Å²) < 4.78 is 15.1. The van der Waals surface area contributed by atoms with Crippen LogP contribution >= 0.6 is 22.7 Å². The van der Waals surface area contributed by atoms with Gasteiger partial charge in [0.2, 0.25) is 22.1 Å². The molecule has 6 aromatic carbocycles. The molecule has 0 aliphatic heterocycles. The Hall–Kier alpha value is -7.82. The number of carbonyl (C=O) groups excluding carboxylic acids is 2. The summed E-state index contributed by atoms with van der Waals surface area (Å²) in [6.45, 7) is 11.4. The average Bonchev–Trinajstić information content (AvgIpc) is 3.53. The van der Waals surface area contributed by atoms with Crippen LogP contribution in [-0.2, 0) is 35.5 Å². The van der Waals surface area contributed by atoms with Crippen LogP contribution in [0.4, 0.5) is 66.0 Å². The molecule has 0 radical (unpaired) electrons. The molecule has 0 saturated heterocycles. The molecule has 8 aromatic rings. The van der Waals surface area contributed by atoms with Gasteiger partial charge >= 0.3 is 10.3 Å². The monoisotopic (exact) mass is 1360 g/mol. The molecule has 0 saturated carbocycles. The van der Waals surface area contributed by atoms with Crippen molar-refractivity contribution in [1.29, 1.82) is 0 Å². The van der Waals surface area contributed by atoms with Crippen LogP contribution in [0.1, 0.15) is 63.8 Å². The molecule has 0 fully saturated rings. The molecule has 2 heterocycles. The number of aliphatic hydroxyl groups excluding tert-OH is 4. The molecule has 0 aliphatic rings. The second-order valence-electron chi connectivity index (χ2n) is 20.9. The third-order valence-corrected chi connectivity index (χ3v) is 15.0. The molecule has 8 rings (SSSR count). The van der Waals surface area contributed by atoms with Gasteiger partial charge in [-0.05, 0) is 132 Å². The SMILES string of the molecule is COc1cc(N=Nc2sc(N(CC(C)O)CC(C)O)n[n+]2Cc2ccccc2)c(NC(C)=O)cc1Nc1ccc(CCc2ccc(Nc3cc(NC(C)=O)c(N=Nc4sc(N(CC(C)O)CC(C)O)n[n+]4Cc4ccccc4)cc3OC)cc2)cc1.[Br-].[Br-]. The van der Waals surface area contributed by atoms with Gasteiger partial charge in [-0.3, -0.25) is 9.59 Å². The van der Waals surface area contributed by atoms with E-state index < -0.39 is 24.4 Å². The smallest absolute Gasteiger partial charge is 0.432 e. The van der Waals surface area contributed by atoms with E-state index in [0.717, 1.165) is 46.5 Å². The Morgan fingerprint density at radius 2 is 0.841 bits per heavy atom. The van der Waals surface area contributed by atoms with Crippen molar-refractivity contribution < 1.29 is 82.8 Å². The lowest BCUT2D eigenvalue weighted by atomic mass is 10.0. The molecule has 466 valence electrons. The van der Waals surface area contributed by atoms with Crippen LogP contribution in [0.25, 0.3) is 0 Å². The predicted octanol–water partition coefficient (Wildman–Crippen LogP) is 4.45. The van der Waals surface area contributed by atoms with Crippen molar-refractivity contribution in [2.24, 2.45) is 20.5 Å². The Labute approximate surface area is 541 Å². The van der Waals surface area contributed by atoms with Crippen LogP contribution in [-0.4, -0.2) is 107 Å². The highest BCUT2D eigenvalue weighted by Crippen LogP contribution is 2.41. The number of ether oxygens (including phenoxy) is 2. The Balaban J connectivity index is 0.00000618. The van der Waals surface area contributed by atoms with Gasteiger partial charge in [-0.2, -0.15) is 0 Å². The number of aliphatic hydroxyl groups is 4. The number of halogens is 2. The third kappa shape index (κ3) is 20.4. The van der Waals surface area contributed by atoms with E-state index >= 15 is 0 Å². The normalized spacial score (nSPS) is 12.5. The highest BCUT2D eigenvalue weighted by Gasteiger charge is 2.28. The van der Waals surface area contributed by atoms with E-state index in [9.17, 15) is 30.0 Å². The van der Waals surface area contributed by atoms with Gasteiger partial charge in [0.15, 0.2) is 0 Å². The van der Waals surface area contributed by atoms with Gasteiger partial charge in [0.05, 0.1) is 71.6 Å². The molecule has 0 aliphatic carbocycles. The van der Waals surface area contributed by atoms with Gasteiger partial charge in [0.25, 0.3) is 0 Å². The van der Waals surface area contributed by atoms with Crippen molar-refractivity contribution in [3.63, 3.8) is 0 Å². The summed E-state index contributed by atoms with van der Waals surface area (Å²) in [5.41, 5.74) is 8.51. The minimum absolute atomic E-state index is 0. The fraction of sp³-hybridized carbons (Fsp3) is 0.323. The first-order valence-corrected chi connectivity index (χ1v) is 29.7. The van der Waals surface area contributed by atoms with Crippen LogP contribution in [0.2, 0.25) is 0 Å². The molecule has 22 nitrogen and oxygen atoms in total. The molecule has 2 aromatic heterocycles. The lowest BCUT2D eigenvalue weighted by molar-refractivity contribution is -0.728. The first-order valence-electron chi connectivity index (χ1n) is 28.0. The first-order chi connectivity index (χ1) is 41.4. The quantitative estimate of drug-likeness (QED) is 0.0238. The van der Waals surface area contributed by atoms with Crippen LogP contribution in [0.5, 0.6) is 11.5 Å². The van der Waals surface area contributed by atoms with Gasteiger partial charge in [-0.15, -0.1) is 9.36 Å². The van der Waals surface area contributed by atoms with Gasteiger partial charge < -0.3 is 94.9 Å². The molecule has 0 bridgehead atoms. The zero-order chi connectivity index (χ0) is 61.3. The number of hydrogen-bond donors (Lipinski definition) is 8. The number of amides is 2. The summed E-state index contributed by atoms with van der Waals surface area (Å²) in [7, 11) is 3.11. The number of anilines is 8. The van der Waals surface area contributed by atoms with Crippen molar-refractivity contribution in [3.8, 4) is 11.5 Å². The van der Waals surface area contributed by atoms with Gasteiger partial charge in [-0.1, -0.05) is 95.1 Å². The Kier molecular flexibility index (Phi) is 26.4. The molecule has 4 atom stereocenters. The van der Waals surface area contributed by atoms with Crippen LogP contribution in [0, 0.1) is 0 Å². The second kappa shape index (κ2) is 33.5. The number of aryl methyl sites for hydroxylation is 2. The van der Waals surface area contributed by atoms with Gasteiger partial charge in [0, 0.05) is 63.5 Å². The van der Waals surface area contributed by atoms with Crippen LogP contribution in [0.15, 0.2) is 154 Å². The summed E-state index contributed by atoms with van der Waals surface area (Å²) in [5.74, 6) is 0.330. The molecule has 26 heteroatoms. The van der Waals surface area contributed by atoms with Crippen molar-refractivity contribution in [1.82, 2.24) is 10.2 Å². The van der Waals surface area contributed by atoms with E-state index in [0.29, 0.717) is 79.2 Å². The number of benzene rings is 6.